The molecule has 0 atom stereocenters. The van der Waals surface area contributed by atoms with Crippen molar-refractivity contribution < 1.29 is 14.8 Å². The number of carbonyl (C=O) groups excluding carboxylic acids is 1. The van der Waals surface area contributed by atoms with Gasteiger partial charge in [-0.25, -0.2) is 0 Å². The second-order valence-corrected chi connectivity index (χ2v) is 4.71. The first kappa shape index (κ1) is 16.2. The maximum atomic E-state index is 10.7. The van der Waals surface area contributed by atoms with E-state index in [0.717, 1.165) is 5.56 Å². The average Bonchev–Trinajstić information content (AvgIpc) is 2.56. The van der Waals surface area contributed by atoms with E-state index >= 15 is 0 Å². The highest BCUT2D eigenvalue weighted by molar-refractivity contribution is 6.01. The fraction of sp³-hybridized carbons (Fsp3) is 0.125. The van der Waals surface area contributed by atoms with Crippen LogP contribution in [0.1, 0.15) is 18.4 Å². The molecule has 2 aromatic rings. The van der Waals surface area contributed by atoms with Crippen LogP contribution in [0.5, 0.6) is 0 Å². The maximum absolute atomic E-state index is 10.7. The predicted molar refractivity (Wildman–Crippen MR) is 83.9 cm³/mol. The Bertz CT molecular complexity index is 712. The number of non-ortho nitro benzene ring substituents is 1. The summed E-state index contributed by atoms with van der Waals surface area (Å²) in [6.45, 7) is 0. The van der Waals surface area contributed by atoms with Crippen LogP contribution in [-0.2, 0) is 4.79 Å². The van der Waals surface area contributed by atoms with Crippen LogP contribution in [0.4, 0.5) is 11.4 Å². The number of nitrogens with zero attached hydrogens (tertiary/aromatic N) is 2. The normalized spacial score (nSPS) is 11.0. The molecule has 7 heteroatoms. The Kier molecular flexibility index (Phi) is 5.40. The number of nitro benzene ring substituents is 1. The molecule has 0 aliphatic heterocycles. The number of hydrogen-bond donors (Lipinski definition) is 1. The Balaban J connectivity index is 2.16. The fourth-order valence-electron chi connectivity index (χ4n) is 1.91. The van der Waals surface area contributed by atoms with Crippen molar-refractivity contribution in [2.24, 2.45) is 5.10 Å². The molecule has 23 heavy (non-hydrogen) atoms. The third kappa shape index (κ3) is 4.92. The number of anilines is 1. The van der Waals surface area contributed by atoms with Crippen LogP contribution < -0.4 is 10.5 Å². The smallest absolute Gasteiger partial charge is 0.269 e. The number of rotatable bonds is 7. The zero-order valence-electron chi connectivity index (χ0n) is 12.1. The third-order valence-electron chi connectivity index (χ3n) is 3.07. The van der Waals surface area contributed by atoms with Gasteiger partial charge in [-0.15, -0.1) is 0 Å². The Morgan fingerprint density at radius 3 is 2.26 bits per heavy atom. The van der Waals surface area contributed by atoms with Crippen molar-refractivity contribution in [2.75, 3.05) is 5.43 Å². The first-order valence-corrected chi connectivity index (χ1v) is 6.88. The number of nitro groups is 1. The molecule has 1 N–H and O–H groups in total. The lowest BCUT2D eigenvalue weighted by molar-refractivity contribution is -0.384. The molecule has 0 radical (unpaired) electrons. The van der Waals surface area contributed by atoms with Gasteiger partial charge in [0.05, 0.1) is 16.3 Å². The van der Waals surface area contributed by atoms with Gasteiger partial charge in [-0.2, -0.15) is 5.10 Å². The predicted octanol–water partition coefficient (Wildman–Crippen LogP) is 1.94. The van der Waals surface area contributed by atoms with E-state index in [2.05, 4.69) is 10.5 Å². The lowest BCUT2D eigenvalue weighted by Gasteiger charge is -2.08. The standard InChI is InChI=1S/C16H15N3O4/c20-16(21)11-10-15(12-4-2-1-3-5-12)18-17-13-6-8-14(9-7-13)19(22)23/h1-9,17H,10-11H2,(H,20,21)/p-1/b18-15-. The molecule has 0 amide bonds. The molecule has 2 aromatic carbocycles. The summed E-state index contributed by atoms with van der Waals surface area (Å²) < 4.78 is 0. The minimum absolute atomic E-state index is 0.0141. The molecule has 118 valence electrons. The number of hydrogen-bond acceptors (Lipinski definition) is 6. The van der Waals surface area contributed by atoms with Crippen LogP contribution >= 0.6 is 0 Å². The molecule has 0 saturated carbocycles. The van der Waals surface area contributed by atoms with Crippen molar-refractivity contribution in [3.05, 3.63) is 70.3 Å². The van der Waals surface area contributed by atoms with E-state index in [1.54, 1.807) is 0 Å². The second-order valence-electron chi connectivity index (χ2n) is 4.71. The van der Waals surface area contributed by atoms with Crippen LogP contribution in [0.15, 0.2) is 59.7 Å². The summed E-state index contributed by atoms with van der Waals surface area (Å²) in [7, 11) is 0. The van der Waals surface area contributed by atoms with Gasteiger partial charge < -0.3 is 9.90 Å². The Morgan fingerprint density at radius 2 is 1.70 bits per heavy atom. The van der Waals surface area contributed by atoms with Crippen LogP contribution in [0.2, 0.25) is 0 Å². The van der Waals surface area contributed by atoms with E-state index in [-0.39, 0.29) is 18.5 Å². The van der Waals surface area contributed by atoms with Crippen LogP contribution in [0.25, 0.3) is 0 Å². The Hall–Kier alpha value is -3.22. The average molecular weight is 312 g/mol. The van der Waals surface area contributed by atoms with Crippen LogP contribution in [0.3, 0.4) is 0 Å². The molecule has 0 heterocycles. The molecular formula is C16H14N3O4-. The monoisotopic (exact) mass is 312 g/mol. The summed E-state index contributed by atoms with van der Waals surface area (Å²) in [6, 6.07) is 14.9. The number of carboxylic acids is 1. The number of carbonyl (C=O) groups is 1. The van der Waals surface area contributed by atoms with E-state index < -0.39 is 10.9 Å². The van der Waals surface area contributed by atoms with Gasteiger partial charge >= 0.3 is 0 Å². The van der Waals surface area contributed by atoms with Gasteiger partial charge in [0.15, 0.2) is 0 Å². The molecule has 2 rings (SSSR count). The number of benzene rings is 2. The summed E-state index contributed by atoms with van der Waals surface area (Å²) in [5.74, 6) is -1.15. The van der Waals surface area contributed by atoms with Crippen molar-refractivity contribution in [3.8, 4) is 0 Å². The Morgan fingerprint density at radius 1 is 1.04 bits per heavy atom. The highest BCUT2D eigenvalue weighted by Crippen LogP contribution is 2.16. The molecule has 0 aliphatic carbocycles. The molecule has 0 bridgehead atoms. The van der Waals surface area contributed by atoms with Gasteiger partial charge in [0.2, 0.25) is 0 Å². The Labute approximate surface area is 132 Å². The lowest BCUT2D eigenvalue weighted by Crippen LogP contribution is -2.23. The summed E-state index contributed by atoms with van der Waals surface area (Å²) in [5.41, 5.74) is 4.70. The summed E-state index contributed by atoms with van der Waals surface area (Å²) in [6.07, 6.45) is 0.0714. The molecular weight excluding hydrogens is 298 g/mol. The number of carboxylic acid groups (broad SMARTS) is 1. The van der Waals surface area contributed by atoms with Crippen molar-refractivity contribution >= 4 is 23.1 Å². The minimum Gasteiger partial charge on any atom is -0.550 e. The quantitative estimate of drug-likeness (QED) is 0.477. The van der Waals surface area contributed by atoms with Crippen molar-refractivity contribution in [1.82, 2.24) is 0 Å². The minimum atomic E-state index is -1.15. The highest BCUT2D eigenvalue weighted by Gasteiger charge is 2.06. The maximum Gasteiger partial charge on any atom is 0.269 e. The summed E-state index contributed by atoms with van der Waals surface area (Å²) in [4.78, 5) is 20.8. The number of aliphatic carboxylic acids is 1. The first-order valence-electron chi connectivity index (χ1n) is 6.88. The van der Waals surface area contributed by atoms with Crippen LogP contribution in [-0.4, -0.2) is 16.6 Å². The molecule has 0 saturated heterocycles. The van der Waals surface area contributed by atoms with Gasteiger partial charge in [0, 0.05) is 18.1 Å². The number of hydrazone groups is 1. The topological polar surface area (TPSA) is 108 Å². The van der Waals surface area contributed by atoms with Crippen molar-refractivity contribution in [2.45, 2.75) is 12.8 Å². The zero-order valence-corrected chi connectivity index (χ0v) is 12.1. The first-order chi connectivity index (χ1) is 11.1. The van der Waals surface area contributed by atoms with Gasteiger partial charge in [-0.1, -0.05) is 30.3 Å². The van der Waals surface area contributed by atoms with Crippen molar-refractivity contribution in [3.63, 3.8) is 0 Å². The van der Waals surface area contributed by atoms with Gasteiger partial charge in [0.1, 0.15) is 0 Å². The highest BCUT2D eigenvalue weighted by atomic mass is 16.6. The van der Waals surface area contributed by atoms with Crippen molar-refractivity contribution in [1.29, 1.82) is 0 Å². The van der Waals surface area contributed by atoms with Gasteiger partial charge in [-0.05, 0) is 30.5 Å². The fourth-order valence-corrected chi connectivity index (χ4v) is 1.91. The lowest BCUT2D eigenvalue weighted by atomic mass is 10.1. The van der Waals surface area contributed by atoms with E-state index in [4.69, 9.17) is 0 Å². The zero-order chi connectivity index (χ0) is 16.7. The van der Waals surface area contributed by atoms with E-state index in [1.165, 1.54) is 24.3 Å². The molecule has 0 aromatic heterocycles. The third-order valence-corrected chi connectivity index (χ3v) is 3.07. The molecule has 0 aliphatic rings. The molecule has 0 unspecified atom stereocenters. The van der Waals surface area contributed by atoms with E-state index in [0.29, 0.717) is 11.4 Å². The van der Waals surface area contributed by atoms with E-state index in [1.807, 2.05) is 30.3 Å². The molecule has 7 nitrogen and oxygen atoms in total. The SMILES string of the molecule is O=C([O-])CC/C(=N/Nc1ccc([N+](=O)[O-])cc1)c1ccccc1. The molecule has 0 spiro atoms. The summed E-state index contributed by atoms with van der Waals surface area (Å²) in [5, 5.41) is 25.5. The molecule has 0 fully saturated rings. The largest absolute Gasteiger partial charge is 0.550 e. The van der Waals surface area contributed by atoms with Crippen LogP contribution in [0, 0.1) is 10.1 Å². The van der Waals surface area contributed by atoms with Gasteiger partial charge in [0.25, 0.3) is 5.69 Å². The van der Waals surface area contributed by atoms with Gasteiger partial charge in [-0.3, -0.25) is 15.5 Å². The van der Waals surface area contributed by atoms with E-state index in [9.17, 15) is 20.0 Å². The summed E-state index contributed by atoms with van der Waals surface area (Å²) >= 11 is 0. The number of nitrogens with one attached hydrogen (secondary N) is 1. The second kappa shape index (κ2) is 7.69.